The minimum atomic E-state index is -2.86. The topological polar surface area (TPSA) is 29.5 Å². The Morgan fingerprint density at radius 1 is 1.42 bits per heavy atom. The number of hydrogen-bond donors (Lipinski definition) is 1. The maximum Gasteiger partial charge on any atom is 0.387 e. The summed E-state index contributed by atoms with van der Waals surface area (Å²) in [6.07, 6.45) is 0. The maximum atomic E-state index is 11.7. The lowest BCUT2D eigenvalue weighted by Gasteiger charge is -2.05. The molecule has 0 aliphatic rings. The predicted molar refractivity (Wildman–Crippen MR) is 42.4 cm³/mol. The summed E-state index contributed by atoms with van der Waals surface area (Å²) < 4.78 is 27.8. The van der Waals surface area contributed by atoms with Crippen molar-refractivity contribution in [2.45, 2.75) is 6.61 Å². The normalized spacial score (nSPS) is 10.3. The molecule has 12 heavy (non-hydrogen) atoms. The lowest BCUT2D eigenvalue weighted by atomic mass is 10.3. The second kappa shape index (κ2) is 3.71. The number of alkyl halides is 2. The highest BCUT2D eigenvalue weighted by molar-refractivity contribution is 9.10. The molecule has 0 fully saturated rings. The van der Waals surface area contributed by atoms with Crippen LogP contribution in [0.2, 0.25) is 0 Å². The van der Waals surface area contributed by atoms with Gasteiger partial charge >= 0.3 is 6.61 Å². The van der Waals surface area contributed by atoms with Crippen LogP contribution in [0.4, 0.5) is 8.78 Å². The van der Waals surface area contributed by atoms with Crippen molar-refractivity contribution in [2.75, 3.05) is 0 Å². The van der Waals surface area contributed by atoms with Crippen LogP contribution in [0, 0.1) is 0 Å². The Kier molecular flexibility index (Phi) is 2.86. The number of halogens is 3. The average Bonchev–Trinajstić information content (AvgIpc) is 1.94. The molecule has 5 heteroatoms. The van der Waals surface area contributed by atoms with E-state index >= 15 is 0 Å². The molecule has 0 saturated carbocycles. The van der Waals surface area contributed by atoms with E-state index in [9.17, 15) is 8.78 Å². The molecule has 1 rings (SSSR count). The molecular weight excluding hydrogens is 234 g/mol. The molecule has 0 radical (unpaired) electrons. The van der Waals surface area contributed by atoms with Crippen LogP contribution in [0.15, 0.2) is 22.7 Å². The van der Waals surface area contributed by atoms with Gasteiger partial charge in [-0.15, -0.1) is 0 Å². The van der Waals surface area contributed by atoms with Crippen LogP contribution in [0.25, 0.3) is 0 Å². The molecule has 1 aromatic rings. The summed E-state index contributed by atoms with van der Waals surface area (Å²) >= 11 is 2.96. The Labute approximate surface area is 75.9 Å². The first-order valence-electron chi connectivity index (χ1n) is 3.03. The molecule has 0 saturated heterocycles. The summed E-state index contributed by atoms with van der Waals surface area (Å²) in [5.74, 6) is -0.00806. The van der Waals surface area contributed by atoms with Crippen molar-refractivity contribution in [3.63, 3.8) is 0 Å². The number of phenols is 1. The molecule has 1 aromatic carbocycles. The molecular formula is C7H5BrF2O2. The van der Waals surface area contributed by atoms with E-state index in [1.54, 1.807) is 0 Å². The third-order valence-corrected chi connectivity index (χ3v) is 1.75. The van der Waals surface area contributed by atoms with Gasteiger partial charge in [0.1, 0.15) is 11.5 Å². The van der Waals surface area contributed by atoms with Crippen molar-refractivity contribution in [3.05, 3.63) is 22.7 Å². The first-order chi connectivity index (χ1) is 5.59. The van der Waals surface area contributed by atoms with Gasteiger partial charge in [-0.1, -0.05) is 0 Å². The summed E-state index contributed by atoms with van der Waals surface area (Å²) in [5, 5.41) is 8.90. The number of phenolic OH excluding ortho intramolecular Hbond substituents is 1. The highest BCUT2D eigenvalue weighted by Gasteiger charge is 2.07. The van der Waals surface area contributed by atoms with Gasteiger partial charge in [-0.2, -0.15) is 8.78 Å². The van der Waals surface area contributed by atoms with Gasteiger partial charge in [0.2, 0.25) is 0 Å². The molecule has 0 unspecified atom stereocenters. The van der Waals surface area contributed by atoms with E-state index in [0.29, 0.717) is 4.47 Å². The smallest absolute Gasteiger partial charge is 0.387 e. The summed E-state index contributed by atoms with van der Waals surface area (Å²) in [6.45, 7) is -2.86. The second-order valence-electron chi connectivity index (χ2n) is 1.99. The van der Waals surface area contributed by atoms with Gasteiger partial charge in [0.25, 0.3) is 0 Å². The maximum absolute atomic E-state index is 11.7. The van der Waals surface area contributed by atoms with E-state index in [-0.39, 0.29) is 11.5 Å². The van der Waals surface area contributed by atoms with Gasteiger partial charge in [0.15, 0.2) is 0 Å². The fraction of sp³-hybridized carbons (Fsp3) is 0.143. The fourth-order valence-corrected chi connectivity index (χ4v) is 1.14. The molecule has 0 aromatic heterocycles. The molecule has 0 bridgehead atoms. The minimum Gasteiger partial charge on any atom is -0.508 e. The number of ether oxygens (including phenoxy) is 1. The van der Waals surface area contributed by atoms with E-state index < -0.39 is 6.61 Å². The van der Waals surface area contributed by atoms with Crippen molar-refractivity contribution in [3.8, 4) is 11.5 Å². The monoisotopic (exact) mass is 238 g/mol. The van der Waals surface area contributed by atoms with E-state index in [1.807, 2.05) is 0 Å². The predicted octanol–water partition coefficient (Wildman–Crippen LogP) is 2.76. The molecule has 0 heterocycles. The SMILES string of the molecule is Oc1ccc(OC(F)F)c(Br)c1. The van der Waals surface area contributed by atoms with Gasteiger partial charge in [-0.25, -0.2) is 0 Å². The fourth-order valence-electron chi connectivity index (χ4n) is 0.681. The quantitative estimate of drug-likeness (QED) is 0.859. The summed E-state index contributed by atoms with van der Waals surface area (Å²) in [4.78, 5) is 0. The van der Waals surface area contributed by atoms with Crippen molar-refractivity contribution in [1.82, 2.24) is 0 Å². The van der Waals surface area contributed by atoms with Crippen LogP contribution in [0.3, 0.4) is 0 Å². The average molecular weight is 239 g/mol. The largest absolute Gasteiger partial charge is 0.508 e. The first-order valence-corrected chi connectivity index (χ1v) is 3.82. The minimum absolute atomic E-state index is 0.00259. The molecule has 0 aliphatic heterocycles. The van der Waals surface area contributed by atoms with Crippen molar-refractivity contribution in [1.29, 1.82) is 0 Å². The van der Waals surface area contributed by atoms with E-state index in [4.69, 9.17) is 5.11 Å². The van der Waals surface area contributed by atoms with Gasteiger partial charge < -0.3 is 9.84 Å². The van der Waals surface area contributed by atoms with E-state index in [2.05, 4.69) is 20.7 Å². The van der Waals surface area contributed by atoms with Crippen molar-refractivity contribution in [2.24, 2.45) is 0 Å². The molecule has 2 nitrogen and oxygen atoms in total. The van der Waals surface area contributed by atoms with Gasteiger partial charge in [0.05, 0.1) is 4.47 Å². The van der Waals surface area contributed by atoms with Crippen LogP contribution in [-0.2, 0) is 0 Å². The van der Waals surface area contributed by atoms with E-state index in [0.717, 1.165) is 0 Å². The molecule has 1 N–H and O–H groups in total. The van der Waals surface area contributed by atoms with Crippen LogP contribution < -0.4 is 4.74 Å². The lowest BCUT2D eigenvalue weighted by Crippen LogP contribution is -2.01. The molecule has 66 valence electrons. The Bertz CT molecular complexity index is 278. The lowest BCUT2D eigenvalue weighted by molar-refractivity contribution is -0.0503. The van der Waals surface area contributed by atoms with Gasteiger partial charge in [0, 0.05) is 0 Å². The number of hydrogen-bond acceptors (Lipinski definition) is 2. The highest BCUT2D eigenvalue weighted by Crippen LogP contribution is 2.29. The zero-order valence-electron chi connectivity index (χ0n) is 5.80. The Hall–Kier alpha value is -0.840. The Morgan fingerprint density at radius 3 is 2.58 bits per heavy atom. The standard InChI is InChI=1S/C7H5BrF2O2/c8-5-3-4(11)1-2-6(5)12-7(9)10/h1-3,7,11H. The number of aromatic hydroxyl groups is 1. The molecule has 0 amide bonds. The highest BCUT2D eigenvalue weighted by atomic mass is 79.9. The van der Waals surface area contributed by atoms with Crippen LogP contribution in [-0.4, -0.2) is 11.7 Å². The van der Waals surface area contributed by atoms with Gasteiger partial charge in [-0.3, -0.25) is 0 Å². The summed E-state index contributed by atoms with van der Waals surface area (Å²) in [6, 6.07) is 3.80. The number of rotatable bonds is 2. The molecule has 0 atom stereocenters. The second-order valence-corrected chi connectivity index (χ2v) is 2.85. The van der Waals surface area contributed by atoms with Crippen LogP contribution in [0.5, 0.6) is 11.5 Å². The molecule has 0 spiro atoms. The summed E-state index contributed by atoms with van der Waals surface area (Å²) in [5.41, 5.74) is 0. The third kappa shape index (κ3) is 2.34. The third-order valence-electron chi connectivity index (χ3n) is 1.13. The van der Waals surface area contributed by atoms with Crippen molar-refractivity contribution >= 4 is 15.9 Å². The zero-order valence-corrected chi connectivity index (χ0v) is 7.38. The first kappa shape index (κ1) is 9.25. The number of benzene rings is 1. The van der Waals surface area contributed by atoms with Crippen LogP contribution >= 0.6 is 15.9 Å². The van der Waals surface area contributed by atoms with E-state index in [1.165, 1.54) is 18.2 Å². The van der Waals surface area contributed by atoms with Gasteiger partial charge in [-0.05, 0) is 34.1 Å². The Balaban J connectivity index is 2.86. The molecule has 0 aliphatic carbocycles. The van der Waals surface area contributed by atoms with Crippen LogP contribution in [0.1, 0.15) is 0 Å². The Morgan fingerprint density at radius 2 is 2.08 bits per heavy atom. The summed E-state index contributed by atoms with van der Waals surface area (Å²) in [7, 11) is 0. The zero-order chi connectivity index (χ0) is 9.14. The van der Waals surface area contributed by atoms with Crippen molar-refractivity contribution < 1.29 is 18.6 Å².